The van der Waals surface area contributed by atoms with E-state index in [2.05, 4.69) is 50.4 Å². The average molecular weight is 371 g/mol. The van der Waals surface area contributed by atoms with E-state index in [1.807, 2.05) is 12.3 Å². The zero-order valence-corrected chi connectivity index (χ0v) is 16.0. The quantitative estimate of drug-likeness (QED) is 0.758. The summed E-state index contributed by atoms with van der Waals surface area (Å²) < 4.78 is 0. The van der Waals surface area contributed by atoms with E-state index < -0.39 is 0 Å². The highest BCUT2D eigenvalue weighted by molar-refractivity contribution is 7.98. The Labute approximate surface area is 159 Å². The molecule has 0 aliphatic carbocycles. The summed E-state index contributed by atoms with van der Waals surface area (Å²) in [5, 5.41) is 3.80. The Kier molecular flexibility index (Phi) is 7.05. The number of carbonyl (C=O) groups is 1. The van der Waals surface area contributed by atoms with Crippen LogP contribution in [0.15, 0.2) is 53.7 Å². The molecule has 138 valence electrons. The number of piperazine rings is 1. The molecule has 1 saturated heterocycles. The van der Waals surface area contributed by atoms with Crippen LogP contribution < -0.4 is 5.32 Å². The number of nitrogens with zero attached hydrogens (tertiary/aromatic N) is 3. The Morgan fingerprint density at radius 1 is 1.08 bits per heavy atom. The minimum Gasteiger partial charge on any atom is -0.351 e. The van der Waals surface area contributed by atoms with Crippen molar-refractivity contribution in [3.63, 3.8) is 0 Å². The molecular formula is C20H26N4OS. The van der Waals surface area contributed by atoms with Crippen LogP contribution in [-0.2, 0) is 6.54 Å². The molecule has 0 unspecified atom stereocenters. The molecule has 2 aromatic rings. The number of hydrogen-bond donors (Lipinski definition) is 1. The molecule has 2 heterocycles. The molecular weight excluding hydrogens is 344 g/mol. The van der Waals surface area contributed by atoms with Gasteiger partial charge in [-0.1, -0.05) is 30.3 Å². The maximum Gasteiger partial charge on any atom is 0.254 e. The summed E-state index contributed by atoms with van der Waals surface area (Å²) in [6.07, 6.45) is 3.66. The monoisotopic (exact) mass is 370 g/mol. The standard InChI is InChI=1S/C20H26N4OS/c1-26-20-18(8-5-9-22-20)19(25)21-10-11-23-12-14-24(15-13-23)16-17-6-3-2-4-7-17/h2-9H,10-16H2,1H3,(H,21,25). The Morgan fingerprint density at radius 2 is 1.81 bits per heavy atom. The van der Waals surface area contributed by atoms with Crippen LogP contribution in [0.3, 0.4) is 0 Å². The van der Waals surface area contributed by atoms with Crippen LogP contribution in [0, 0.1) is 0 Å². The highest BCUT2D eigenvalue weighted by atomic mass is 32.2. The van der Waals surface area contributed by atoms with Gasteiger partial charge in [0.25, 0.3) is 5.91 Å². The first-order chi connectivity index (χ1) is 12.8. The number of benzene rings is 1. The fourth-order valence-corrected chi connectivity index (χ4v) is 3.71. The SMILES string of the molecule is CSc1ncccc1C(=O)NCCN1CCN(Cc2ccccc2)CC1. The molecule has 26 heavy (non-hydrogen) atoms. The van der Waals surface area contributed by atoms with Gasteiger partial charge in [0.1, 0.15) is 5.03 Å². The van der Waals surface area contributed by atoms with E-state index in [0.29, 0.717) is 12.1 Å². The molecule has 1 fully saturated rings. The maximum absolute atomic E-state index is 12.3. The molecule has 1 aliphatic heterocycles. The number of amides is 1. The molecule has 1 amide bonds. The zero-order chi connectivity index (χ0) is 18.2. The van der Waals surface area contributed by atoms with E-state index in [1.54, 1.807) is 12.3 Å². The van der Waals surface area contributed by atoms with Gasteiger partial charge in [-0.25, -0.2) is 4.98 Å². The third-order valence-electron chi connectivity index (χ3n) is 4.64. The molecule has 5 nitrogen and oxygen atoms in total. The van der Waals surface area contributed by atoms with Gasteiger partial charge in [0.15, 0.2) is 0 Å². The summed E-state index contributed by atoms with van der Waals surface area (Å²) in [5.74, 6) is -0.0369. The molecule has 0 saturated carbocycles. The highest BCUT2D eigenvalue weighted by Gasteiger charge is 2.17. The molecule has 0 atom stereocenters. The zero-order valence-electron chi connectivity index (χ0n) is 15.2. The third kappa shape index (κ3) is 5.30. The average Bonchev–Trinajstić information content (AvgIpc) is 2.70. The number of rotatable bonds is 7. The van der Waals surface area contributed by atoms with Crippen LogP contribution >= 0.6 is 11.8 Å². The fraction of sp³-hybridized carbons (Fsp3) is 0.400. The Balaban J connectivity index is 1.38. The van der Waals surface area contributed by atoms with Crippen LogP contribution in [-0.4, -0.2) is 66.2 Å². The number of thioether (sulfide) groups is 1. The van der Waals surface area contributed by atoms with Crippen molar-refractivity contribution in [1.29, 1.82) is 0 Å². The van der Waals surface area contributed by atoms with Gasteiger partial charge >= 0.3 is 0 Å². The lowest BCUT2D eigenvalue weighted by atomic mass is 10.2. The Morgan fingerprint density at radius 3 is 2.54 bits per heavy atom. The van der Waals surface area contributed by atoms with E-state index in [-0.39, 0.29) is 5.91 Å². The molecule has 1 aliphatic rings. The van der Waals surface area contributed by atoms with Crippen LogP contribution in [0.4, 0.5) is 0 Å². The lowest BCUT2D eigenvalue weighted by molar-refractivity contribution is 0.0930. The largest absolute Gasteiger partial charge is 0.351 e. The molecule has 1 N–H and O–H groups in total. The number of carbonyl (C=O) groups excluding carboxylic acids is 1. The maximum atomic E-state index is 12.3. The second-order valence-corrected chi connectivity index (χ2v) is 7.21. The van der Waals surface area contributed by atoms with Crippen LogP contribution in [0.25, 0.3) is 0 Å². The molecule has 0 radical (unpaired) electrons. The van der Waals surface area contributed by atoms with Crippen molar-refractivity contribution in [3.8, 4) is 0 Å². The van der Waals surface area contributed by atoms with Gasteiger partial charge in [-0.05, 0) is 24.0 Å². The summed E-state index contributed by atoms with van der Waals surface area (Å²) in [6, 6.07) is 14.3. The number of aromatic nitrogens is 1. The minimum absolute atomic E-state index is 0.0369. The molecule has 3 rings (SSSR count). The van der Waals surface area contributed by atoms with Crippen molar-refractivity contribution in [2.24, 2.45) is 0 Å². The van der Waals surface area contributed by atoms with Crippen molar-refractivity contribution in [2.75, 3.05) is 45.5 Å². The van der Waals surface area contributed by atoms with Crippen molar-refractivity contribution in [2.45, 2.75) is 11.6 Å². The summed E-state index contributed by atoms with van der Waals surface area (Å²) in [4.78, 5) is 21.5. The number of pyridine rings is 1. The molecule has 1 aromatic heterocycles. The van der Waals surface area contributed by atoms with Crippen LogP contribution in [0.5, 0.6) is 0 Å². The predicted molar refractivity (Wildman–Crippen MR) is 107 cm³/mol. The van der Waals surface area contributed by atoms with Gasteiger partial charge < -0.3 is 5.32 Å². The van der Waals surface area contributed by atoms with Crippen molar-refractivity contribution < 1.29 is 4.79 Å². The summed E-state index contributed by atoms with van der Waals surface area (Å²) in [7, 11) is 0. The number of nitrogens with one attached hydrogen (secondary N) is 1. The van der Waals surface area contributed by atoms with E-state index in [0.717, 1.165) is 44.3 Å². The van der Waals surface area contributed by atoms with Crippen molar-refractivity contribution in [3.05, 3.63) is 59.8 Å². The first-order valence-corrected chi connectivity index (χ1v) is 10.2. The lowest BCUT2D eigenvalue weighted by Gasteiger charge is -2.34. The van der Waals surface area contributed by atoms with E-state index in [9.17, 15) is 4.79 Å². The Bertz CT molecular complexity index is 702. The van der Waals surface area contributed by atoms with Crippen LogP contribution in [0.1, 0.15) is 15.9 Å². The normalized spacial score (nSPS) is 15.7. The summed E-state index contributed by atoms with van der Waals surface area (Å²) in [5.41, 5.74) is 2.03. The van der Waals surface area contributed by atoms with E-state index in [1.165, 1.54) is 17.3 Å². The van der Waals surface area contributed by atoms with Gasteiger partial charge in [-0.15, -0.1) is 11.8 Å². The summed E-state index contributed by atoms with van der Waals surface area (Å²) in [6.45, 7) is 6.81. The van der Waals surface area contributed by atoms with Gasteiger partial charge in [-0.2, -0.15) is 0 Å². The fourth-order valence-electron chi connectivity index (χ4n) is 3.16. The molecule has 0 spiro atoms. The third-order valence-corrected chi connectivity index (χ3v) is 5.35. The lowest BCUT2D eigenvalue weighted by Crippen LogP contribution is -2.48. The van der Waals surface area contributed by atoms with Gasteiger partial charge in [0.05, 0.1) is 5.56 Å². The molecule has 6 heteroatoms. The Hall–Kier alpha value is -1.89. The summed E-state index contributed by atoms with van der Waals surface area (Å²) >= 11 is 1.50. The van der Waals surface area contributed by atoms with E-state index in [4.69, 9.17) is 0 Å². The van der Waals surface area contributed by atoms with Crippen molar-refractivity contribution >= 4 is 17.7 Å². The first-order valence-electron chi connectivity index (χ1n) is 9.02. The van der Waals surface area contributed by atoms with E-state index >= 15 is 0 Å². The highest BCUT2D eigenvalue weighted by Crippen LogP contribution is 2.16. The van der Waals surface area contributed by atoms with Gasteiger partial charge in [0.2, 0.25) is 0 Å². The second-order valence-electron chi connectivity index (χ2n) is 6.42. The molecule has 1 aromatic carbocycles. The smallest absolute Gasteiger partial charge is 0.254 e. The minimum atomic E-state index is -0.0369. The molecule has 0 bridgehead atoms. The van der Waals surface area contributed by atoms with Gasteiger partial charge in [0, 0.05) is 52.0 Å². The van der Waals surface area contributed by atoms with Crippen molar-refractivity contribution in [1.82, 2.24) is 20.1 Å². The first kappa shape index (κ1) is 18.9. The second kappa shape index (κ2) is 9.71. The number of hydrogen-bond acceptors (Lipinski definition) is 5. The van der Waals surface area contributed by atoms with Crippen LogP contribution in [0.2, 0.25) is 0 Å². The predicted octanol–water partition coefficient (Wildman–Crippen LogP) is 2.35. The topological polar surface area (TPSA) is 48.5 Å². The van der Waals surface area contributed by atoms with Gasteiger partial charge in [-0.3, -0.25) is 14.6 Å².